The van der Waals surface area contributed by atoms with Crippen molar-refractivity contribution in [3.8, 4) is 0 Å². The molecule has 0 aliphatic carbocycles. The maximum Gasteiger partial charge on any atom is 0.243 e. The first-order valence-electron chi connectivity index (χ1n) is 17.0. The number of benzene rings is 2. The van der Waals surface area contributed by atoms with Crippen LogP contribution in [-0.4, -0.2) is 85.3 Å². The van der Waals surface area contributed by atoms with E-state index in [0.29, 0.717) is 37.1 Å². The highest BCUT2D eigenvalue weighted by atomic mass is 16.3. The number of aliphatic hydroxyl groups excluding tert-OH is 2. The molecule has 4 atom stereocenters. The van der Waals surface area contributed by atoms with Crippen LogP contribution in [0.5, 0.6) is 0 Å². The van der Waals surface area contributed by atoms with E-state index in [1.807, 2.05) is 88.0 Å². The maximum atomic E-state index is 12.8. The van der Waals surface area contributed by atoms with E-state index < -0.39 is 12.1 Å². The van der Waals surface area contributed by atoms with Crippen LogP contribution in [-0.2, 0) is 32.0 Å². The minimum atomic E-state index is -0.419. The Kier molecular flexibility index (Phi) is 12.4. The fourth-order valence-electron chi connectivity index (χ4n) is 6.94. The highest BCUT2D eigenvalue weighted by Gasteiger charge is 2.33. The second-order valence-corrected chi connectivity index (χ2v) is 13.8. The Morgan fingerprint density at radius 1 is 0.729 bits per heavy atom. The quantitative estimate of drug-likeness (QED) is 0.200. The van der Waals surface area contributed by atoms with E-state index >= 15 is 0 Å². The van der Waals surface area contributed by atoms with E-state index in [-0.39, 0.29) is 73.6 Å². The molecule has 12 nitrogen and oxygen atoms in total. The fourth-order valence-corrected chi connectivity index (χ4v) is 6.94. The Balaban J connectivity index is 1.31. The number of unbranched alkanes of at least 4 members (excludes halogenated alkanes) is 1. The van der Waals surface area contributed by atoms with Gasteiger partial charge < -0.3 is 41.3 Å². The standard InChI is InChI=1S/C36H52N6O6/c1-21(2)33-35(47)39-27(19-43)17-23-15-25(11-13-29(23)41(33)5)37-31(45)9-7-8-10-32(46)38-26-12-14-30-24(16-26)18-28(20-44)40-36(48)34(22(3)4)42(30)6/h11-16,21-22,27-28,33-34,43-44H,7-10,17-20H2,1-6H3,(H,37,45)(H,38,46)(H,39,47)(H,40,48)/t27-,28-,33-,34-/m0/s1. The van der Waals surface area contributed by atoms with Crippen molar-refractivity contribution in [2.24, 2.45) is 11.8 Å². The Labute approximate surface area is 283 Å². The summed E-state index contributed by atoms with van der Waals surface area (Å²) in [5.74, 6) is -0.429. The first kappa shape index (κ1) is 36.7. The van der Waals surface area contributed by atoms with Gasteiger partial charge in [-0.2, -0.15) is 0 Å². The summed E-state index contributed by atoms with van der Waals surface area (Å²) in [6.07, 6.45) is 2.44. The Morgan fingerprint density at radius 2 is 1.10 bits per heavy atom. The third-order valence-electron chi connectivity index (χ3n) is 9.25. The number of carbonyl (C=O) groups excluding carboxylic acids is 4. The van der Waals surface area contributed by atoms with Crippen molar-refractivity contribution in [2.75, 3.05) is 47.7 Å². The lowest BCUT2D eigenvalue weighted by atomic mass is 9.95. The van der Waals surface area contributed by atoms with Crippen LogP contribution in [0.15, 0.2) is 36.4 Å². The predicted octanol–water partition coefficient (Wildman–Crippen LogP) is 2.81. The summed E-state index contributed by atoms with van der Waals surface area (Å²) in [5, 5.41) is 31.6. The summed E-state index contributed by atoms with van der Waals surface area (Å²) in [6.45, 7) is 7.58. The van der Waals surface area contributed by atoms with E-state index in [4.69, 9.17) is 0 Å². The maximum absolute atomic E-state index is 12.8. The van der Waals surface area contributed by atoms with Crippen molar-refractivity contribution >= 4 is 46.4 Å². The Bertz CT molecular complexity index is 1370. The Hall–Kier alpha value is -4.16. The second kappa shape index (κ2) is 16.3. The van der Waals surface area contributed by atoms with Crippen molar-refractivity contribution in [3.05, 3.63) is 47.5 Å². The first-order chi connectivity index (χ1) is 22.8. The van der Waals surface area contributed by atoms with Gasteiger partial charge in [-0.05, 0) is 85.0 Å². The number of aliphatic hydroxyl groups is 2. The zero-order valence-electron chi connectivity index (χ0n) is 29.0. The molecular weight excluding hydrogens is 612 g/mol. The third kappa shape index (κ3) is 8.84. The SMILES string of the molecule is CC(C)[C@H]1C(=O)N[C@H](CO)Cc2cc(NC(=O)CCCCC(=O)Nc3ccc4c(c3)C[C@@H](CO)NC(=O)[C@H](C(C)C)N4C)ccc2N1C. The Morgan fingerprint density at radius 3 is 1.44 bits per heavy atom. The number of nitrogens with zero attached hydrogens (tertiary/aromatic N) is 2. The second-order valence-electron chi connectivity index (χ2n) is 13.8. The third-order valence-corrected chi connectivity index (χ3v) is 9.25. The minimum Gasteiger partial charge on any atom is -0.394 e. The van der Waals surface area contributed by atoms with Crippen molar-refractivity contribution < 1.29 is 29.4 Å². The molecule has 4 rings (SSSR count). The molecule has 2 aliphatic rings. The van der Waals surface area contributed by atoms with Crippen LogP contribution >= 0.6 is 0 Å². The average Bonchev–Trinajstić information content (AvgIpc) is 3.01. The summed E-state index contributed by atoms with van der Waals surface area (Å²) >= 11 is 0. The molecule has 12 heteroatoms. The van der Waals surface area contributed by atoms with Gasteiger partial charge in [0, 0.05) is 49.7 Å². The van der Waals surface area contributed by atoms with Gasteiger partial charge >= 0.3 is 0 Å². The van der Waals surface area contributed by atoms with Crippen molar-refractivity contribution in [2.45, 2.75) is 90.4 Å². The van der Waals surface area contributed by atoms with Crippen LogP contribution in [0.1, 0.15) is 64.5 Å². The van der Waals surface area contributed by atoms with E-state index in [0.717, 1.165) is 22.5 Å². The van der Waals surface area contributed by atoms with E-state index in [1.165, 1.54) is 0 Å². The molecule has 0 radical (unpaired) electrons. The van der Waals surface area contributed by atoms with Crippen LogP contribution in [0.2, 0.25) is 0 Å². The number of amides is 4. The van der Waals surface area contributed by atoms with E-state index in [9.17, 15) is 29.4 Å². The number of carbonyl (C=O) groups is 4. The van der Waals surface area contributed by atoms with Gasteiger partial charge in [0.15, 0.2) is 0 Å². The van der Waals surface area contributed by atoms with E-state index in [2.05, 4.69) is 21.3 Å². The van der Waals surface area contributed by atoms with Gasteiger partial charge in [0.05, 0.1) is 25.3 Å². The molecule has 2 aromatic rings. The van der Waals surface area contributed by atoms with Gasteiger partial charge in [0.2, 0.25) is 23.6 Å². The monoisotopic (exact) mass is 664 g/mol. The fraction of sp³-hybridized carbons (Fsp3) is 0.556. The van der Waals surface area contributed by atoms with Gasteiger partial charge in [-0.3, -0.25) is 19.2 Å². The largest absolute Gasteiger partial charge is 0.394 e. The molecule has 48 heavy (non-hydrogen) atoms. The molecule has 0 aromatic heterocycles. The van der Waals surface area contributed by atoms with Crippen LogP contribution < -0.4 is 31.1 Å². The molecule has 0 spiro atoms. The average molecular weight is 665 g/mol. The van der Waals surface area contributed by atoms with Gasteiger partial charge in [0.1, 0.15) is 12.1 Å². The number of rotatable bonds is 11. The lowest BCUT2D eigenvalue weighted by molar-refractivity contribution is -0.125. The van der Waals surface area contributed by atoms with Crippen LogP contribution in [0.25, 0.3) is 0 Å². The van der Waals surface area contributed by atoms with E-state index in [1.54, 1.807) is 0 Å². The number of likely N-dealkylation sites (N-methyl/N-ethyl adjacent to an activating group) is 2. The highest BCUT2D eigenvalue weighted by molar-refractivity contribution is 5.93. The number of hydrogen-bond donors (Lipinski definition) is 6. The van der Waals surface area contributed by atoms with Gasteiger partial charge in [-0.25, -0.2) is 0 Å². The molecular formula is C36H52N6O6. The molecule has 2 heterocycles. The molecule has 0 saturated carbocycles. The highest BCUT2D eigenvalue weighted by Crippen LogP contribution is 2.31. The molecule has 0 saturated heterocycles. The number of hydrogen-bond acceptors (Lipinski definition) is 8. The molecule has 4 amide bonds. The van der Waals surface area contributed by atoms with Gasteiger partial charge in [-0.15, -0.1) is 0 Å². The minimum absolute atomic E-state index is 0.0545. The lowest BCUT2D eigenvalue weighted by Crippen LogP contribution is -2.54. The van der Waals surface area contributed by atoms with Gasteiger partial charge in [0.25, 0.3) is 0 Å². The molecule has 2 aromatic carbocycles. The van der Waals surface area contributed by atoms with Crippen molar-refractivity contribution in [3.63, 3.8) is 0 Å². The van der Waals surface area contributed by atoms with Crippen LogP contribution in [0.3, 0.4) is 0 Å². The number of anilines is 4. The number of nitrogens with one attached hydrogen (secondary N) is 4. The summed E-state index contributed by atoms with van der Waals surface area (Å²) in [7, 11) is 3.77. The van der Waals surface area contributed by atoms with Gasteiger partial charge in [-0.1, -0.05) is 27.7 Å². The zero-order valence-corrected chi connectivity index (χ0v) is 29.0. The topological polar surface area (TPSA) is 163 Å². The number of fused-ring (bicyclic) bond motifs is 2. The molecule has 2 aliphatic heterocycles. The summed E-state index contributed by atoms with van der Waals surface area (Å²) in [5.41, 5.74) is 4.91. The molecule has 0 unspecified atom stereocenters. The first-order valence-corrected chi connectivity index (χ1v) is 17.0. The van der Waals surface area contributed by atoms with Crippen molar-refractivity contribution in [1.29, 1.82) is 0 Å². The van der Waals surface area contributed by atoms with Crippen molar-refractivity contribution in [1.82, 2.24) is 10.6 Å². The normalized spacial score (nSPS) is 21.3. The van der Waals surface area contributed by atoms with Crippen LogP contribution in [0, 0.1) is 11.8 Å². The lowest BCUT2D eigenvalue weighted by Gasteiger charge is -2.37. The molecule has 262 valence electrons. The summed E-state index contributed by atoms with van der Waals surface area (Å²) in [6, 6.07) is 9.64. The molecule has 0 bridgehead atoms. The van der Waals surface area contributed by atoms with Crippen LogP contribution in [0.4, 0.5) is 22.7 Å². The zero-order chi connectivity index (χ0) is 35.1. The molecule has 0 fully saturated rings. The molecule has 6 N–H and O–H groups in total. The smallest absolute Gasteiger partial charge is 0.243 e. The summed E-state index contributed by atoms with van der Waals surface area (Å²) in [4.78, 5) is 55.2. The summed E-state index contributed by atoms with van der Waals surface area (Å²) < 4.78 is 0. The predicted molar refractivity (Wildman–Crippen MR) is 188 cm³/mol.